The summed E-state index contributed by atoms with van der Waals surface area (Å²) < 4.78 is 0. The van der Waals surface area contributed by atoms with E-state index in [0.29, 0.717) is 41.3 Å². The zero-order valence-electron chi connectivity index (χ0n) is 15.1. The van der Waals surface area contributed by atoms with Gasteiger partial charge in [0.15, 0.2) is 11.0 Å². The molecule has 0 saturated carbocycles. The Labute approximate surface area is 160 Å². The van der Waals surface area contributed by atoms with E-state index in [4.69, 9.17) is 0 Å². The molecular weight excluding hydrogens is 366 g/mol. The van der Waals surface area contributed by atoms with Crippen LogP contribution in [0.4, 0.5) is 5.69 Å². The van der Waals surface area contributed by atoms with E-state index in [1.165, 1.54) is 23.9 Å². The van der Waals surface area contributed by atoms with Crippen LogP contribution in [0, 0.1) is 15.5 Å². The number of hydrogen-bond acceptors (Lipinski definition) is 6. The predicted molar refractivity (Wildman–Crippen MR) is 102 cm³/mol. The van der Waals surface area contributed by atoms with Crippen molar-refractivity contribution in [3.63, 3.8) is 0 Å². The van der Waals surface area contributed by atoms with Gasteiger partial charge in [0.2, 0.25) is 5.91 Å². The van der Waals surface area contributed by atoms with Gasteiger partial charge >= 0.3 is 0 Å². The van der Waals surface area contributed by atoms with Gasteiger partial charge in [0.1, 0.15) is 0 Å². The number of carbonyl (C=O) groups is 2. The highest BCUT2D eigenvalue weighted by Crippen LogP contribution is 2.47. The number of amides is 1. The van der Waals surface area contributed by atoms with E-state index < -0.39 is 11.0 Å². The number of rotatable bonds is 2. The summed E-state index contributed by atoms with van der Waals surface area (Å²) >= 11 is 1.52. The number of nitrogens with zero attached hydrogens (tertiary/aromatic N) is 3. The van der Waals surface area contributed by atoms with Gasteiger partial charge in [-0.3, -0.25) is 24.6 Å². The van der Waals surface area contributed by atoms with Crippen LogP contribution in [0.25, 0.3) is 0 Å². The van der Waals surface area contributed by atoms with Gasteiger partial charge in [-0.2, -0.15) is 0 Å². The first kappa shape index (κ1) is 17.9. The lowest BCUT2D eigenvalue weighted by Crippen LogP contribution is -2.47. The SMILES string of the molecule is CC1(C)CC(=O)C2=C(C1)N=C1SCCC(=O)N1[C@H]2c1ccc([N+](=O)[O-])cc1. The Kier molecular flexibility index (Phi) is 4.18. The third kappa shape index (κ3) is 3.07. The van der Waals surface area contributed by atoms with Gasteiger partial charge in [-0.05, 0) is 29.5 Å². The van der Waals surface area contributed by atoms with E-state index in [2.05, 4.69) is 4.99 Å². The molecule has 2 heterocycles. The lowest BCUT2D eigenvalue weighted by Gasteiger charge is -2.43. The molecule has 8 heteroatoms. The van der Waals surface area contributed by atoms with Crippen LogP contribution in [0.3, 0.4) is 0 Å². The topological polar surface area (TPSA) is 92.9 Å². The minimum atomic E-state index is -0.558. The monoisotopic (exact) mass is 385 g/mol. The average Bonchev–Trinajstić information content (AvgIpc) is 2.59. The molecule has 0 aromatic heterocycles. The van der Waals surface area contributed by atoms with Crippen LogP contribution in [-0.4, -0.2) is 32.4 Å². The van der Waals surface area contributed by atoms with E-state index in [9.17, 15) is 19.7 Å². The third-order valence-electron chi connectivity index (χ3n) is 5.10. The highest BCUT2D eigenvalue weighted by molar-refractivity contribution is 8.14. The molecule has 0 unspecified atom stereocenters. The molecule has 2 aliphatic heterocycles. The molecular formula is C19H19N3O4S. The summed E-state index contributed by atoms with van der Waals surface area (Å²) in [5.41, 5.74) is 1.80. The highest BCUT2D eigenvalue weighted by atomic mass is 32.2. The maximum atomic E-state index is 13.0. The summed E-state index contributed by atoms with van der Waals surface area (Å²) in [4.78, 5) is 42.5. The number of Topliss-reactive ketones (excluding diaryl/α,β-unsaturated/α-hetero) is 1. The normalized spacial score (nSPS) is 24.3. The number of nitro benzene ring substituents is 1. The maximum Gasteiger partial charge on any atom is 0.269 e. The number of thioether (sulfide) groups is 1. The summed E-state index contributed by atoms with van der Waals surface area (Å²) in [6.07, 6.45) is 1.45. The Bertz CT molecular complexity index is 917. The van der Waals surface area contributed by atoms with Crippen LogP contribution in [0.15, 0.2) is 40.5 Å². The Morgan fingerprint density at radius 3 is 2.59 bits per heavy atom. The van der Waals surface area contributed by atoms with Crippen molar-refractivity contribution < 1.29 is 14.5 Å². The second-order valence-corrected chi connectivity index (χ2v) is 8.87. The Balaban J connectivity index is 1.86. The minimum absolute atomic E-state index is 0.00391. The number of carbonyl (C=O) groups excluding carboxylic acids is 2. The second kappa shape index (κ2) is 6.30. The van der Waals surface area contributed by atoms with Crippen LogP contribution >= 0.6 is 11.8 Å². The molecule has 1 aromatic carbocycles. The molecule has 0 spiro atoms. The molecule has 1 aliphatic carbocycles. The van der Waals surface area contributed by atoms with E-state index >= 15 is 0 Å². The van der Waals surface area contributed by atoms with E-state index in [1.54, 1.807) is 17.0 Å². The molecule has 27 heavy (non-hydrogen) atoms. The second-order valence-electron chi connectivity index (χ2n) is 7.81. The van der Waals surface area contributed by atoms with Crippen molar-refractivity contribution in [2.24, 2.45) is 10.4 Å². The number of hydrogen-bond donors (Lipinski definition) is 0. The van der Waals surface area contributed by atoms with Crippen molar-refractivity contribution in [2.75, 3.05) is 5.75 Å². The summed E-state index contributed by atoms with van der Waals surface area (Å²) in [5.74, 6) is 0.594. The molecule has 3 aliphatic rings. The van der Waals surface area contributed by atoms with E-state index in [0.717, 1.165) is 5.70 Å². The summed E-state index contributed by atoms with van der Waals surface area (Å²) in [5, 5.41) is 11.6. The molecule has 1 fully saturated rings. The highest BCUT2D eigenvalue weighted by Gasteiger charge is 2.45. The van der Waals surface area contributed by atoms with Gasteiger partial charge < -0.3 is 0 Å². The average molecular weight is 385 g/mol. The number of aliphatic imine (C=N–C) groups is 1. The van der Waals surface area contributed by atoms with Crippen molar-refractivity contribution in [2.45, 2.75) is 39.2 Å². The standard InChI is InChI=1S/C19H19N3O4S/c1-19(2)9-13-16(14(23)10-19)17(11-3-5-12(6-4-11)22(25)26)21-15(24)7-8-27-18(21)20-13/h3-6,17H,7-10H2,1-2H3/t17-/m0/s1. The summed E-state index contributed by atoms with van der Waals surface area (Å²) in [6.45, 7) is 4.09. The van der Waals surface area contributed by atoms with Crippen molar-refractivity contribution in [1.82, 2.24) is 4.90 Å². The van der Waals surface area contributed by atoms with Crippen molar-refractivity contribution in [3.05, 3.63) is 51.2 Å². The molecule has 0 bridgehead atoms. The molecule has 4 rings (SSSR count). The molecule has 1 aromatic rings. The maximum absolute atomic E-state index is 13.0. The zero-order valence-corrected chi connectivity index (χ0v) is 15.9. The van der Waals surface area contributed by atoms with E-state index in [-0.39, 0.29) is 22.8 Å². The third-order valence-corrected chi connectivity index (χ3v) is 6.05. The van der Waals surface area contributed by atoms with Gasteiger partial charge in [-0.15, -0.1) is 0 Å². The number of ketones is 1. The fraction of sp³-hybridized carbons (Fsp3) is 0.421. The molecule has 1 atom stereocenters. The van der Waals surface area contributed by atoms with Gasteiger partial charge in [0.05, 0.1) is 16.7 Å². The van der Waals surface area contributed by atoms with Crippen molar-refractivity contribution >= 4 is 34.3 Å². The molecule has 1 saturated heterocycles. The van der Waals surface area contributed by atoms with Crippen molar-refractivity contribution in [1.29, 1.82) is 0 Å². The first-order valence-electron chi connectivity index (χ1n) is 8.81. The summed E-state index contributed by atoms with van der Waals surface area (Å²) in [6, 6.07) is 5.54. The molecule has 140 valence electrons. The van der Waals surface area contributed by atoms with Crippen molar-refractivity contribution in [3.8, 4) is 0 Å². The molecule has 0 N–H and O–H groups in total. The van der Waals surface area contributed by atoms with E-state index in [1.807, 2.05) is 13.8 Å². The lowest BCUT2D eigenvalue weighted by molar-refractivity contribution is -0.384. The fourth-order valence-electron chi connectivity index (χ4n) is 3.92. The Hall–Kier alpha value is -2.48. The Morgan fingerprint density at radius 1 is 1.22 bits per heavy atom. The lowest BCUT2D eigenvalue weighted by atomic mass is 9.73. The summed E-state index contributed by atoms with van der Waals surface area (Å²) in [7, 11) is 0. The number of fused-ring (bicyclic) bond motifs is 1. The van der Waals surface area contributed by atoms with Crippen LogP contribution in [0.1, 0.15) is 44.7 Å². The van der Waals surface area contributed by atoms with Crippen LogP contribution < -0.4 is 0 Å². The number of allylic oxidation sites excluding steroid dienone is 1. The number of nitro groups is 1. The van der Waals surface area contributed by atoms with Crippen LogP contribution in [0.2, 0.25) is 0 Å². The molecule has 7 nitrogen and oxygen atoms in total. The molecule has 1 amide bonds. The van der Waals surface area contributed by atoms with Crippen LogP contribution in [-0.2, 0) is 9.59 Å². The first-order chi connectivity index (χ1) is 12.8. The van der Waals surface area contributed by atoms with Gasteiger partial charge in [0, 0.05) is 36.3 Å². The predicted octanol–water partition coefficient (Wildman–Crippen LogP) is 3.61. The zero-order chi connectivity index (χ0) is 19.3. The number of amidine groups is 1. The van der Waals surface area contributed by atoms with Gasteiger partial charge in [-0.25, -0.2) is 4.99 Å². The van der Waals surface area contributed by atoms with Gasteiger partial charge in [0.25, 0.3) is 5.69 Å². The molecule has 0 radical (unpaired) electrons. The minimum Gasteiger partial charge on any atom is -0.294 e. The van der Waals surface area contributed by atoms with Gasteiger partial charge in [-0.1, -0.05) is 25.6 Å². The van der Waals surface area contributed by atoms with Crippen LogP contribution in [0.5, 0.6) is 0 Å². The fourth-order valence-corrected chi connectivity index (χ4v) is 4.90. The Morgan fingerprint density at radius 2 is 1.93 bits per heavy atom. The smallest absolute Gasteiger partial charge is 0.269 e. The number of benzene rings is 1. The first-order valence-corrected chi connectivity index (χ1v) is 9.79. The number of non-ortho nitro benzene ring substituents is 1. The quantitative estimate of drug-likeness (QED) is 0.573. The largest absolute Gasteiger partial charge is 0.294 e.